The van der Waals surface area contributed by atoms with E-state index < -0.39 is 0 Å². The Morgan fingerprint density at radius 1 is 0.875 bits per heavy atom. The summed E-state index contributed by atoms with van der Waals surface area (Å²) >= 11 is 0. The van der Waals surface area contributed by atoms with Gasteiger partial charge in [0.15, 0.2) is 0 Å². The van der Waals surface area contributed by atoms with Gasteiger partial charge in [-0.15, -0.1) is 0 Å². The molecule has 1 unspecified atom stereocenters. The van der Waals surface area contributed by atoms with E-state index in [-0.39, 0.29) is 43.1 Å². The fraction of sp³-hybridized carbons (Fsp3) is 0.192. The second kappa shape index (κ2) is 9.47. The van der Waals surface area contributed by atoms with Gasteiger partial charge >= 0.3 is 0 Å². The first-order valence-electron chi connectivity index (χ1n) is 10.5. The molecule has 6 heteroatoms. The molecule has 0 spiro atoms. The molecule has 1 atom stereocenters. The maximum Gasteiger partial charge on any atom is 0.252 e. The third-order valence-electron chi connectivity index (χ3n) is 5.57. The van der Waals surface area contributed by atoms with Crippen molar-refractivity contribution >= 4 is 17.7 Å². The molecule has 0 saturated carbocycles. The summed E-state index contributed by atoms with van der Waals surface area (Å²) in [6.45, 7) is 0.234. The number of methoxy groups -OCH3 is 1. The van der Waals surface area contributed by atoms with Crippen molar-refractivity contribution in [1.82, 2.24) is 10.2 Å². The number of benzene rings is 3. The zero-order valence-electron chi connectivity index (χ0n) is 17.8. The van der Waals surface area contributed by atoms with Gasteiger partial charge in [0, 0.05) is 18.4 Å². The van der Waals surface area contributed by atoms with E-state index in [0.717, 1.165) is 22.4 Å². The molecule has 3 amide bonds. The van der Waals surface area contributed by atoms with Gasteiger partial charge in [0.2, 0.25) is 11.8 Å². The van der Waals surface area contributed by atoms with E-state index in [9.17, 15) is 14.4 Å². The smallest absolute Gasteiger partial charge is 0.252 e. The van der Waals surface area contributed by atoms with Crippen LogP contribution in [0, 0.1) is 0 Å². The van der Waals surface area contributed by atoms with Gasteiger partial charge in [-0.3, -0.25) is 19.3 Å². The van der Waals surface area contributed by atoms with Crippen LogP contribution < -0.4 is 10.1 Å². The highest BCUT2D eigenvalue weighted by atomic mass is 16.5. The van der Waals surface area contributed by atoms with Crippen LogP contribution >= 0.6 is 0 Å². The van der Waals surface area contributed by atoms with Gasteiger partial charge in [-0.2, -0.15) is 0 Å². The molecule has 1 N–H and O–H groups in total. The monoisotopic (exact) mass is 428 g/mol. The molecule has 3 aromatic rings. The van der Waals surface area contributed by atoms with Gasteiger partial charge in [-0.1, -0.05) is 54.6 Å². The minimum Gasteiger partial charge on any atom is -0.497 e. The average molecular weight is 428 g/mol. The zero-order valence-corrected chi connectivity index (χ0v) is 17.8. The number of ether oxygens (including phenoxy) is 1. The molecule has 162 valence electrons. The highest BCUT2D eigenvalue weighted by molar-refractivity contribution is 6.01. The maximum absolute atomic E-state index is 13.0. The number of amides is 3. The van der Waals surface area contributed by atoms with Gasteiger partial charge in [0.05, 0.1) is 19.7 Å². The molecule has 3 aromatic carbocycles. The molecular formula is C26H24N2O4. The van der Waals surface area contributed by atoms with Gasteiger partial charge in [-0.05, 0) is 41.0 Å². The average Bonchev–Trinajstić information content (AvgIpc) is 3.15. The third kappa shape index (κ3) is 4.70. The Morgan fingerprint density at radius 2 is 1.47 bits per heavy atom. The number of rotatable bonds is 7. The number of nitrogens with one attached hydrogen (secondary N) is 1. The first-order valence-corrected chi connectivity index (χ1v) is 10.5. The lowest BCUT2D eigenvalue weighted by molar-refractivity contribution is -0.139. The molecular weight excluding hydrogens is 404 g/mol. The maximum atomic E-state index is 13.0. The summed E-state index contributed by atoms with van der Waals surface area (Å²) in [7, 11) is 1.62. The summed E-state index contributed by atoms with van der Waals surface area (Å²) in [4.78, 5) is 38.0. The van der Waals surface area contributed by atoms with Crippen molar-refractivity contribution in [2.75, 3.05) is 7.11 Å². The lowest BCUT2D eigenvalue weighted by Crippen LogP contribution is -2.29. The fourth-order valence-corrected chi connectivity index (χ4v) is 3.76. The van der Waals surface area contributed by atoms with E-state index in [4.69, 9.17) is 4.74 Å². The topological polar surface area (TPSA) is 75.7 Å². The van der Waals surface area contributed by atoms with Crippen LogP contribution in [0.15, 0.2) is 78.9 Å². The largest absolute Gasteiger partial charge is 0.497 e. The first kappa shape index (κ1) is 21.3. The highest BCUT2D eigenvalue weighted by Gasteiger charge is 2.28. The molecule has 6 nitrogen and oxygen atoms in total. The molecule has 1 heterocycles. The van der Waals surface area contributed by atoms with Gasteiger partial charge in [-0.25, -0.2) is 0 Å². The van der Waals surface area contributed by atoms with Crippen LogP contribution in [0.4, 0.5) is 0 Å². The predicted molar refractivity (Wildman–Crippen MR) is 120 cm³/mol. The molecule has 1 aliphatic heterocycles. The number of carbonyl (C=O) groups excluding carboxylic acids is 3. The van der Waals surface area contributed by atoms with E-state index in [0.29, 0.717) is 5.56 Å². The Hall–Kier alpha value is -3.93. The van der Waals surface area contributed by atoms with Gasteiger partial charge in [0.25, 0.3) is 5.91 Å². The van der Waals surface area contributed by atoms with Crippen LogP contribution in [0.3, 0.4) is 0 Å². The van der Waals surface area contributed by atoms with Crippen molar-refractivity contribution in [2.24, 2.45) is 0 Å². The molecule has 0 radical (unpaired) electrons. The molecule has 4 rings (SSSR count). The van der Waals surface area contributed by atoms with Crippen molar-refractivity contribution in [1.29, 1.82) is 0 Å². The Balaban J connectivity index is 1.51. The summed E-state index contributed by atoms with van der Waals surface area (Å²) in [6, 6.07) is 24.0. The van der Waals surface area contributed by atoms with E-state index in [1.807, 2.05) is 54.6 Å². The molecule has 0 aromatic heterocycles. The third-order valence-corrected chi connectivity index (χ3v) is 5.57. The van der Waals surface area contributed by atoms with Crippen LogP contribution in [-0.4, -0.2) is 29.7 Å². The van der Waals surface area contributed by atoms with E-state index in [2.05, 4.69) is 5.32 Å². The van der Waals surface area contributed by atoms with Crippen LogP contribution in [0.1, 0.15) is 45.9 Å². The van der Waals surface area contributed by atoms with Gasteiger partial charge < -0.3 is 10.1 Å². The molecule has 1 saturated heterocycles. The quantitative estimate of drug-likeness (QED) is 0.580. The van der Waals surface area contributed by atoms with E-state index in [1.54, 1.807) is 31.4 Å². The number of hydrogen-bond donors (Lipinski definition) is 1. The Morgan fingerprint density at radius 3 is 2.06 bits per heavy atom. The standard InChI is InChI=1S/C26H24N2O4/c1-32-22-13-11-20(12-14-22)25(19-5-3-2-4-6-19)27-26(31)21-9-7-18(8-10-21)17-28-23(29)15-16-24(28)30/h2-14,25H,15-17H2,1H3,(H,27,31). The van der Waals surface area contributed by atoms with Crippen molar-refractivity contribution in [3.63, 3.8) is 0 Å². The van der Waals surface area contributed by atoms with Crippen LogP contribution in [0.5, 0.6) is 5.75 Å². The SMILES string of the molecule is COc1ccc(C(NC(=O)c2ccc(CN3C(=O)CCC3=O)cc2)c2ccccc2)cc1. The molecule has 0 bridgehead atoms. The van der Waals surface area contributed by atoms with Crippen molar-refractivity contribution in [3.05, 3.63) is 101 Å². The van der Waals surface area contributed by atoms with Crippen molar-refractivity contribution in [2.45, 2.75) is 25.4 Å². The number of nitrogens with zero attached hydrogens (tertiary/aromatic N) is 1. The van der Waals surface area contributed by atoms with Crippen molar-refractivity contribution < 1.29 is 19.1 Å². The molecule has 1 fully saturated rings. The second-order valence-corrected chi connectivity index (χ2v) is 7.66. The highest BCUT2D eigenvalue weighted by Crippen LogP contribution is 2.25. The van der Waals surface area contributed by atoms with Crippen LogP contribution in [-0.2, 0) is 16.1 Å². The van der Waals surface area contributed by atoms with Gasteiger partial charge in [0.1, 0.15) is 5.75 Å². The van der Waals surface area contributed by atoms with E-state index >= 15 is 0 Å². The number of carbonyl (C=O) groups is 3. The summed E-state index contributed by atoms with van der Waals surface area (Å²) in [5.74, 6) is 0.232. The summed E-state index contributed by atoms with van der Waals surface area (Å²) in [5.41, 5.74) is 3.21. The zero-order chi connectivity index (χ0) is 22.5. The Bertz CT molecular complexity index is 1090. The lowest BCUT2D eigenvalue weighted by Gasteiger charge is -2.20. The Kier molecular flexibility index (Phi) is 6.31. The first-order chi connectivity index (χ1) is 15.5. The summed E-state index contributed by atoms with van der Waals surface area (Å²) in [6.07, 6.45) is 0.539. The van der Waals surface area contributed by atoms with E-state index in [1.165, 1.54) is 4.90 Å². The second-order valence-electron chi connectivity index (χ2n) is 7.66. The Labute approximate surface area is 186 Å². The number of likely N-dealkylation sites (tertiary alicyclic amines) is 1. The number of imide groups is 1. The van der Waals surface area contributed by atoms with Crippen molar-refractivity contribution in [3.8, 4) is 5.75 Å². The van der Waals surface area contributed by atoms with Crippen LogP contribution in [0.25, 0.3) is 0 Å². The molecule has 32 heavy (non-hydrogen) atoms. The molecule has 0 aliphatic carbocycles. The fourth-order valence-electron chi connectivity index (χ4n) is 3.76. The minimum atomic E-state index is -0.325. The number of hydrogen-bond acceptors (Lipinski definition) is 4. The van der Waals surface area contributed by atoms with Crippen LogP contribution in [0.2, 0.25) is 0 Å². The molecule has 1 aliphatic rings. The summed E-state index contributed by atoms with van der Waals surface area (Å²) in [5, 5.41) is 3.11. The summed E-state index contributed by atoms with van der Waals surface area (Å²) < 4.78 is 5.24. The normalized spacial score (nSPS) is 14.3. The predicted octanol–water partition coefficient (Wildman–Crippen LogP) is 3.86. The minimum absolute atomic E-state index is 0.151. The lowest BCUT2D eigenvalue weighted by atomic mass is 9.98.